The second-order valence-corrected chi connectivity index (χ2v) is 5.73. The van der Waals surface area contributed by atoms with Crippen LogP contribution >= 0.6 is 0 Å². The fraction of sp³-hybridized carbons (Fsp3) is 0.500. The SMILES string of the molecule is CCC1C(C(=O)O)c2ccccc2C(=O)N1CC(C)C. The third-order valence-electron chi connectivity index (χ3n) is 3.82. The van der Waals surface area contributed by atoms with E-state index in [9.17, 15) is 14.7 Å². The summed E-state index contributed by atoms with van der Waals surface area (Å²) in [5.74, 6) is -1.22. The van der Waals surface area contributed by atoms with E-state index in [1.807, 2.05) is 20.8 Å². The van der Waals surface area contributed by atoms with Gasteiger partial charge in [-0.3, -0.25) is 9.59 Å². The summed E-state index contributed by atoms with van der Waals surface area (Å²) in [6, 6.07) is 6.81. The van der Waals surface area contributed by atoms with Crippen molar-refractivity contribution in [1.29, 1.82) is 0 Å². The molecule has 0 aromatic heterocycles. The van der Waals surface area contributed by atoms with Crippen molar-refractivity contribution in [2.45, 2.75) is 39.2 Å². The minimum absolute atomic E-state index is 0.0429. The molecule has 108 valence electrons. The number of nitrogens with zero attached hydrogens (tertiary/aromatic N) is 1. The molecule has 20 heavy (non-hydrogen) atoms. The third-order valence-corrected chi connectivity index (χ3v) is 3.82. The van der Waals surface area contributed by atoms with Crippen LogP contribution < -0.4 is 0 Å². The van der Waals surface area contributed by atoms with Gasteiger partial charge in [-0.25, -0.2) is 0 Å². The molecule has 1 aromatic rings. The molecule has 4 nitrogen and oxygen atoms in total. The van der Waals surface area contributed by atoms with Crippen LogP contribution in [-0.4, -0.2) is 34.5 Å². The third kappa shape index (κ3) is 2.42. The highest BCUT2D eigenvalue weighted by Gasteiger charge is 2.42. The molecule has 1 heterocycles. The number of carbonyl (C=O) groups excluding carboxylic acids is 1. The largest absolute Gasteiger partial charge is 0.481 e. The van der Waals surface area contributed by atoms with E-state index < -0.39 is 11.9 Å². The molecule has 1 amide bonds. The Morgan fingerprint density at radius 3 is 2.55 bits per heavy atom. The molecule has 0 aliphatic carbocycles. The number of amides is 1. The summed E-state index contributed by atoms with van der Waals surface area (Å²) in [5.41, 5.74) is 1.18. The molecule has 1 aliphatic heterocycles. The van der Waals surface area contributed by atoms with Crippen LogP contribution in [0.3, 0.4) is 0 Å². The first kappa shape index (κ1) is 14.6. The van der Waals surface area contributed by atoms with E-state index in [2.05, 4.69) is 0 Å². The molecule has 2 atom stereocenters. The summed E-state index contributed by atoms with van der Waals surface area (Å²) in [4.78, 5) is 26.1. The van der Waals surface area contributed by atoms with Gasteiger partial charge in [0.1, 0.15) is 5.92 Å². The number of hydrogen-bond acceptors (Lipinski definition) is 2. The summed E-state index contributed by atoms with van der Waals surface area (Å²) in [7, 11) is 0. The Balaban J connectivity index is 2.53. The first-order valence-electron chi connectivity index (χ1n) is 7.10. The first-order chi connectivity index (χ1) is 9.47. The molecule has 1 aliphatic rings. The molecule has 2 rings (SSSR count). The van der Waals surface area contributed by atoms with Crippen molar-refractivity contribution < 1.29 is 14.7 Å². The molecular weight excluding hydrogens is 254 g/mol. The second-order valence-electron chi connectivity index (χ2n) is 5.73. The van der Waals surface area contributed by atoms with Gasteiger partial charge in [-0.2, -0.15) is 0 Å². The molecule has 0 radical (unpaired) electrons. The highest BCUT2D eigenvalue weighted by molar-refractivity contribution is 6.00. The van der Waals surface area contributed by atoms with Crippen LogP contribution in [0.5, 0.6) is 0 Å². The Kier molecular flexibility index (Phi) is 4.12. The number of fused-ring (bicyclic) bond motifs is 1. The molecule has 1 N–H and O–H groups in total. The maximum atomic E-state index is 12.6. The number of carbonyl (C=O) groups is 2. The molecule has 0 saturated carbocycles. The van der Waals surface area contributed by atoms with Gasteiger partial charge in [0.15, 0.2) is 0 Å². The predicted octanol–water partition coefficient (Wildman–Crippen LogP) is 2.75. The van der Waals surface area contributed by atoms with Crippen LogP contribution in [-0.2, 0) is 4.79 Å². The Morgan fingerprint density at radius 2 is 2.00 bits per heavy atom. The average molecular weight is 275 g/mol. The minimum atomic E-state index is -0.856. The van der Waals surface area contributed by atoms with Gasteiger partial charge in [-0.1, -0.05) is 39.0 Å². The average Bonchev–Trinajstić information content (AvgIpc) is 2.40. The molecule has 4 heteroatoms. The van der Waals surface area contributed by atoms with E-state index in [0.717, 1.165) is 0 Å². The van der Waals surface area contributed by atoms with Crippen LogP contribution in [0.4, 0.5) is 0 Å². The zero-order valence-electron chi connectivity index (χ0n) is 12.2. The lowest BCUT2D eigenvalue weighted by Crippen LogP contribution is -2.51. The van der Waals surface area contributed by atoms with Crippen molar-refractivity contribution in [2.24, 2.45) is 5.92 Å². The van der Waals surface area contributed by atoms with Gasteiger partial charge >= 0.3 is 5.97 Å². The van der Waals surface area contributed by atoms with E-state index in [-0.39, 0.29) is 11.9 Å². The quantitative estimate of drug-likeness (QED) is 0.919. The van der Waals surface area contributed by atoms with Gasteiger partial charge in [0.2, 0.25) is 0 Å². The molecule has 0 saturated heterocycles. The number of rotatable bonds is 4. The summed E-state index contributed by atoms with van der Waals surface area (Å²) in [6.07, 6.45) is 0.643. The Morgan fingerprint density at radius 1 is 1.35 bits per heavy atom. The summed E-state index contributed by atoms with van der Waals surface area (Å²) < 4.78 is 0. The lowest BCUT2D eigenvalue weighted by Gasteiger charge is -2.41. The number of carboxylic acid groups (broad SMARTS) is 1. The first-order valence-corrected chi connectivity index (χ1v) is 7.10. The molecule has 0 spiro atoms. The van der Waals surface area contributed by atoms with Crippen LogP contribution in [0.1, 0.15) is 49.0 Å². The smallest absolute Gasteiger partial charge is 0.313 e. The molecule has 2 unspecified atom stereocenters. The van der Waals surface area contributed by atoms with Crippen LogP contribution in [0, 0.1) is 5.92 Å². The summed E-state index contributed by atoms with van der Waals surface area (Å²) in [5, 5.41) is 9.59. The van der Waals surface area contributed by atoms with Crippen molar-refractivity contribution in [2.75, 3.05) is 6.54 Å². The fourth-order valence-electron chi connectivity index (χ4n) is 3.02. The fourth-order valence-corrected chi connectivity index (χ4v) is 3.02. The number of carboxylic acids is 1. The van der Waals surface area contributed by atoms with Gasteiger partial charge in [0.05, 0.1) is 0 Å². The maximum Gasteiger partial charge on any atom is 0.313 e. The van der Waals surface area contributed by atoms with Gasteiger partial charge in [0, 0.05) is 18.2 Å². The van der Waals surface area contributed by atoms with Crippen LogP contribution in [0.2, 0.25) is 0 Å². The van der Waals surface area contributed by atoms with Crippen molar-refractivity contribution >= 4 is 11.9 Å². The Bertz CT molecular complexity index is 524. The Hall–Kier alpha value is -1.84. The lowest BCUT2D eigenvalue weighted by molar-refractivity contribution is -0.140. The van der Waals surface area contributed by atoms with E-state index >= 15 is 0 Å². The molecular formula is C16H21NO3. The van der Waals surface area contributed by atoms with Crippen molar-refractivity contribution in [3.63, 3.8) is 0 Å². The van der Waals surface area contributed by atoms with E-state index in [4.69, 9.17) is 0 Å². The highest BCUT2D eigenvalue weighted by atomic mass is 16.4. The predicted molar refractivity (Wildman–Crippen MR) is 76.8 cm³/mol. The van der Waals surface area contributed by atoms with Gasteiger partial charge in [-0.15, -0.1) is 0 Å². The summed E-state index contributed by atoms with van der Waals surface area (Å²) in [6.45, 7) is 6.61. The lowest BCUT2D eigenvalue weighted by atomic mass is 9.81. The van der Waals surface area contributed by atoms with Crippen LogP contribution in [0.25, 0.3) is 0 Å². The maximum absolute atomic E-state index is 12.6. The molecule has 0 bridgehead atoms. The minimum Gasteiger partial charge on any atom is -0.481 e. The molecule has 1 aromatic carbocycles. The second kappa shape index (κ2) is 5.65. The highest BCUT2D eigenvalue weighted by Crippen LogP contribution is 2.35. The number of benzene rings is 1. The Labute approximate surface area is 119 Å². The number of hydrogen-bond donors (Lipinski definition) is 1. The van der Waals surface area contributed by atoms with E-state index in [1.54, 1.807) is 29.2 Å². The van der Waals surface area contributed by atoms with Crippen LogP contribution in [0.15, 0.2) is 24.3 Å². The van der Waals surface area contributed by atoms with E-state index in [1.165, 1.54) is 0 Å². The number of aliphatic carboxylic acids is 1. The van der Waals surface area contributed by atoms with Gasteiger partial charge in [0.25, 0.3) is 5.91 Å². The normalized spacial score (nSPS) is 22.0. The zero-order chi connectivity index (χ0) is 14.9. The molecule has 0 fully saturated rings. The van der Waals surface area contributed by atoms with Crippen molar-refractivity contribution in [3.8, 4) is 0 Å². The topological polar surface area (TPSA) is 57.6 Å². The van der Waals surface area contributed by atoms with Gasteiger partial charge < -0.3 is 10.0 Å². The standard InChI is InChI=1S/C16H21NO3/c1-4-13-14(16(19)20)11-7-5-6-8-12(11)15(18)17(13)9-10(2)3/h5-8,10,13-14H,4,9H2,1-3H3,(H,19,20). The van der Waals surface area contributed by atoms with Crippen molar-refractivity contribution in [3.05, 3.63) is 35.4 Å². The van der Waals surface area contributed by atoms with E-state index in [0.29, 0.717) is 30.0 Å². The monoisotopic (exact) mass is 275 g/mol. The van der Waals surface area contributed by atoms with Gasteiger partial charge in [-0.05, 0) is 24.0 Å². The van der Waals surface area contributed by atoms with Crippen molar-refractivity contribution in [1.82, 2.24) is 4.90 Å². The zero-order valence-corrected chi connectivity index (χ0v) is 12.2. The summed E-state index contributed by atoms with van der Waals surface area (Å²) >= 11 is 0.